The van der Waals surface area contributed by atoms with Crippen LogP contribution in [0.25, 0.3) is 0 Å². The zero-order valence-electron chi connectivity index (χ0n) is 11.8. The third kappa shape index (κ3) is 2.44. The SMILES string of the molecule is CCC1CCCC1(O)CC1OCCc2ccccc21. The van der Waals surface area contributed by atoms with E-state index in [9.17, 15) is 5.11 Å². The average Bonchev–Trinajstić information content (AvgIpc) is 2.80. The van der Waals surface area contributed by atoms with Gasteiger partial charge in [-0.15, -0.1) is 0 Å². The molecule has 1 aromatic carbocycles. The fourth-order valence-electron chi connectivity index (χ4n) is 3.95. The third-order valence-corrected chi connectivity index (χ3v) is 5.05. The minimum atomic E-state index is -0.510. The van der Waals surface area contributed by atoms with Crippen LogP contribution in [0.5, 0.6) is 0 Å². The highest BCUT2D eigenvalue weighted by Gasteiger charge is 2.42. The molecular formula is C17H24O2. The highest BCUT2D eigenvalue weighted by molar-refractivity contribution is 5.31. The van der Waals surface area contributed by atoms with Crippen LogP contribution in [-0.2, 0) is 11.2 Å². The van der Waals surface area contributed by atoms with Gasteiger partial charge in [0, 0.05) is 6.42 Å². The Morgan fingerprint density at radius 3 is 3.05 bits per heavy atom. The maximum atomic E-state index is 10.9. The van der Waals surface area contributed by atoms with E-state index in [1.807, 2.05) is 0 Å². The Kier molecular flexibility index (Phi) is 3.64. The largest absolute Gasteiger partial charge is 0.389 e. The van der Waals surface area contributed by atoms with Crippen LogP contribution in [0.3, 0.4) is 0 Å². The lowest BCUT2D eigenvalue weighted by Gasteiger charge is -2.35. The van der Waals surface area contributed by atoms with Crippen LogP contribution < -0.4 is 0 Å². The predicted octanol–water partition coefficient (Wildman–Crippen LogP) is 3.63. The lowest BCUT2D eigenvalue weighted by molar-refractivity contribution is -0.0668. The van der Waals surface area contributed by atoms with E-state index in [1.54, 1.807) is 0 Å². The molecule has 3 rings (SSSR count). The molecule has 2 heteroatoms. The van der Waals surface area contributed by atoms with Crippen LogP contribution in [0.2, 0.25) is 0 Å². The first kappa shape index (κ1) is 13.1. The van der Waals surface area contributed by atoms with Gasteiger partial charge in [-0.1, -0.05) is 44.0 Å². The van der Waals surface area contributed by atoms with Gasteiger partial charge in [0.05, 0.1) is 18.3 Å². The van der Waals surface area contributed by atoms with E-state index >= 15 is 0 Å². The summed E-state index contributed by atoms with van der Waals surface area (Å²) in [6, 6.07) is 8.54. The van der Waals surface area contributed by atoms with E-state index in [4.69, 9.17) is 4.74 Å². The predicted molar refractivity (Wildman–Crippen MR) is 76.0 cm³/mol. The number of rotatable bonds is 3. The third-order valence-electron chi connectivity index (χ3n) is 5.05. The monoisotopic (exact) mass is 260 g/mol. The molecule has 0 bridgehead atoms. The molecule has 0 amide bonds. The fourth-order valence-corrected chi connectivity index (χ4v) is 3.95. The minimum Gasteiger partial charge on any atom is -0.389 e. The Balaban J connectivity index is 1.81. The maximum Gasteiger partial charge on any atom is 0.0855 e. The van der Waals surface area contributed by atoms with E-state index in [0.29, 0.717) is 5.92 Å². The Morgan fingerprint density at radius 1 is 1.37 bits per heavy atom. The first-order valence-electron chi connectivity index (χ1n) is 7.65. The first-order chi connectivity index (χ1) is 9.23. The van der Waals surface area contributed by atoms with Crippen molar-refractivity contribution in [2.24, 2.45) is 5.92 Å². The molecule has 3 atom stereocenters. The van der Waals surface area contributed by atoms with E-state index in [0.717, 1.165) is 38.7 Å². The van der Waals surface area contributed by atoms with Crippen molar-refractivity contribution >= 4 is 0 Å². The number of hydrogen-bond donors (Lipinski definition) is 1. The number of aliphatic hydroxyl groups is 1. The lowest BCUT2D eigenvalue weighted by Crippen LogP contribution is -2.36. The second-order valence-electron chi connectivity index (χ2n) is 6.11. The maximum absolute atomic E-state index is 10.9. The molecule has 1 saturated carbocycles. The first-order valence-corrected chi connectivity index (χ1v) is 7.65. The molecule has 1 aliphatic heterocycles. The second-order valence-corrected chi connectivity index (χ2v) is 6.11. The lowest BCUT2D eigenvalue weighted by atomic mass is 9.81. The molecule has 0 saturated heterocycles. The molecule has 2 nitrogen and oxygen atoms in total. The fraction of sp³-hybridized carbons (Fsp3) is 0.647. The Hall–Kier alpha value is -0.860. The molecule has 3 unspecified atom stereocenters. The van der Waals surface area contributed by atoms with Gasteiger partial charge in [-0.3, -0.25) is 0 Å². The highest BCUT2D eigenvalue weighted by atomic mass is 16.5. The summed E-state index contributed by atoms with van der Waals surface area (Å²) >= 11 is 0. The Bertz CT molecular complexity index is 443. The highest BCUT2D eigenvalue weighted by Crippen LogP contribution is 2.45. The zero-order chi connectivity index (χ0) is 13.3. The summed E-state index contributed by atoms with van der Waals surface area (Å²) in [5, 5.41) is 10.9. The topological polar surface area (TPSA) is 29.5 Å². The second kappa shape index (κ2) is 5.26. The van der Waals surface area contributed by atoms with Gasteiger partial charge in [0.2, 0.25) is 0 Å². The van der Waals surface area contributed by atoms with Crippen molar-refractivity contribution < 1.29 is 9.84 Å². The van der Waals surface area contributed by atoms with Crippen molar-refractivity contribution in [3.05, 3.63) is 35.4 Å². The quantitative estimate of drug-likeness (QED) is 0.899. The molecular weight excluding hydrogens is 236 g/mol. The summed E-state index contributed by atoms with van der Waals surface area (Å²) < 4.78 is 5.96. The summed E-state index contributed by atoms with van der Waals surface area (Å²) in [7, 11) is 0. The summed E-state index contributed by atoms with van der Waals surface area (Å²) in [6.45, 7) is 2.98. The molecule has 104 valence electrons. The number of fused-ring (bicyclic) bond motifs is 1. The van der Waals surface area contributed by atoms with Crippen molar-refractivity contribution in [3.8, 4) is 0 Å². The van der Waals surface area contributed by atoms with Gasteiger partial charge in [-0.25, -0.2) is 0 Å². The van der Waals surface area contributed by atoms with Crippen LogP contribution >= 0.6 is 0 Å². The summed E-state index contributed by atoms with van der Waals surface area (Å²) in [5.74, 6) is 0.449. The number of benzene rings is 1. The molecule has 0 spiro atoms. The number of hydrogen-bond acceptors (Lipinski definition) is 2. The summed E-state index contributed by atoms with van der Waals surface area (Å²) in [5.41, 5.74) is 2.18. The minimum absolute atomic E-state index is 0.0853. The summed E-state index contributed by atoms with van der Waals surface area (Å²) in [4.78, 5) is 0. The van der Waals surface area contributed by atoms with Crippen molar-refractivity contribution in [3.63, 3.8) is 0 Å². The van der Waals surface area contributed by atoms with Gasteiger partial charge >= 0.3 is 0 Å². The summed E-state index contributed by atoms with van der Waals surface area (Å²) in [6.07, 6.45) is 6.19. The Labute approximate surface area is 115 Å². The van der Waals surface area contributed by atoms with E-state index in [2.05, 4.69) is 31.2 Å². The normalized spacial score (nSPS) is 34.2. The number of ether oxygens (including phenoxy) is 1. The van der Waals surface area contributed by atoms with E-state index in [1.165, 1.54) is 17.5 Å². The van der Waals surface area contributed by atoms with Crippen LogP contribution in [0.1, 0.15) is 56.3 Å². The molecule has 0 aromatic heterocycles. The van der Waals surface area contributed by atoms with Gasteiger partial charge in [0.25, 0.3) is 0 Å². The smallest absolute Gasteiger partial charge is 0.0855 e. The average molecular weight is 260 g/mol. The van der Waals surface area contributed by atoms with Crippen molar-refractivity contribution in [2.75, 3.05) is 6.61 Å². The molecule has 1 aromatic rings. The molecule has 1 heterocycles. The van der Waals surface area contributed by atoms with E-state index in [-0.39, 0.29) is 6.10 Å². The van der Waals surface area contributed by atoms with Crippen LogP contribution in [-0.4, -0.2) is 17.3 Å². The van der Waals surface area contributed by atoms with Crippen LogP contribution in [0, 0.1) is 5.92 Å². The van der Waals surface area contributed by atoms with Crippen molar-refractivity contribution in [1.29, 1.82) is 0 Å². The van der Waals surface area contributed by atoms with Gasteiger partial charge in [0.15, 0.2) is 0 Å². The molecule has 2 aliphatic rings. The zero-order valence-corrected chi connectivity index (χ0v) is 11.8. The van der Waals surface area contributed by atoms with Crippen LogP contribution in [0.15, 0.2) is 24.3 Å². The van der Waals surface area contributed by atoms with Gasteiger partial charge in [0.1, 0.15) is 0 Å². The van der Waals surface area contributed by atoms with Gasteiger partial charge in [-0.05, 0) is 36.3 Å². The van der Waals surface area contributed by atoms with Crippen molar-refractivity contribution in [1.82, 2.24) is 0 Å². The molecule has 1 fully saturated rings. The standard InChI is InChI=1S/C17H24O2/c1-2-14-7-5-10-17(14,18)12-16-15-8-4-3-6-13(15)9-11-19-16/h3-4,6,8,14,16,18H,2,5,7,9-12H2,1H3. The molecule has 0 radical (unpaired) electrons. The molecule has 1 N–H and O–H groups in total. The Morgan fingerprint density at radius 2 is 2.21 bits per heavy atom. The van der Waals surface area contributed by atoms with Crippen LogP contribution in [0.4, 0.5) is 0 Å². The molecule has 1 aliphatic carbocycles. The van der Waals surface area contributed by atoms with Gasteiger partial charge < -0.3 is 9.84 Å². The molecule has 19 heavy (non-hydrogen) atoms. The van der Waals surface area contributed by atoms with E-state index < -0.39 is 5.60 Å². The van der Waals surface area contributed by atoms with Gasteiger partial charge in [-0.2, -0.15) is 0 Å². The van der Waals surface area contributed by atoms with Crippen molar-refractivity contribution in [2.45, 2.75) is 57.2 Å².